The number of nitrogens with zero attached hydrogens (tertiary/aromatic N) is 3. The van der Waals surface area contributed by atoms with Crippen LogP contribution in [0, 0.1) is 5.82 Å². The number of ether oxygens (including phenoxy) is 2. The smallest absolute Gasteiger partial charge is 0.323 e. The normalized spacial score (nSPS) is 17.7. The number of benzene rings is 3. The number of methoxy groups -OCH3 is 1. The number of fused-ring (bicyclic) bond motifs is 2. The van der Waals surface area contributed by atoms with Crippen LogP contribution in [0.15, 0.2) is 42.5 Å². The Balaban J connectivity index is 1.12. The summed E-state index contributed by atoms with van der Waals surface area (Å²) in [6.07, 6.45) is 2.64. The number of rotatable bonds is 10. The van der Waals surface area contributed by atoms with Gasteiger partial charge in [0, 0.05) is 56.0 Å². The molecule has 13 heteroatoms. The number of hydrogen-bond acceptors (Lipinski definition) is 7. The maximum atomic E-state index is 15.5. The fourth-order valence-corrected chi connectivity index (χ4v) is 7.52. The molecule has 1 atom stereocenters. The van der Waals surface area contributed by atoms with E-state index in [9.17, 15) is 14.7 Å². The largest absolute Gasteiger partial charge is 0.495 e. The van der Waals surface area contributed by atoms with Crippen LogP contribution in [0.1, 0.15) is 64.1 Å². The van der Waals surface area contributed by atoms with Gasteiger partial charge >= 0.3 is 5.97 Å². The summed E-state index contributed by atoms with van der Waals surface area (Å²) in [4.78, 5) is 31.8. The molecular formula is C36H36Cl2FN5O5. The molecule has 1 aliphatic heterocycles. The van der Waals surface area contributed by atoms with Crippen LogP contribution in [0.5, 0.6) is 11.5 Å². The zero-order chi connectivity index (χ0) is 34.6. The summed E-state index contributed by atoms with van der Waals surface area (Å²) in [7, 11) is 5.29. The van der Waals surface area contributed by atoms with Crippen molar-refractivity contribution in [3.63, 3.8) is 0 Å². The zero-order valence-electron chi connectivity index (χ0n) is 27.3. The van der Waals surface area contributed by atoms with Crippen LogP contribution in [-0.2, 0) is 37.8 Å². The van der Waals surface area contributed by atoms with Crippen LogP contribution in [0.2, 0.25) is 10.0 Å². The van der Waals surface area contributed by atoms with Crippen LogP contribution in [0.4, 0.5) is 10.1 Å². The molecular weight excluding hydrogens is 672 g/mol. The minimum absolute atomic E-state index is 0.0570. The number of carbonyl (C=O) groups is 2. The lowest BCUT2D eigenvalue weighted by Gasteiger charge is -2.21. The second kappa shape index (κ2) is 12.9. The van der Waals surface area contributed by atoms with Gasteiger partial charge in [-0.25, -0.2) is 9.37 Å². The van der Waals surface area contributed by atoms with E-state index in [0.717, 1.165) is 46.6 Å². The number of carbonyl (C=O) groups excluding carboxylic acids is 1. The maximum Gasteiger partial charge on any atom is 0.323 e. The van der Waals surface area contributed by atoms with Crippen molar-refractivity contribution in [2.45, 2.75) is 56.8 Å². The second-order valence-electron chi connectivity index (χ2n) is 12.9. The van der Waals surface area contributed by atoms with Crippen molar-refractivity contribution in [1.82, 2.24) is 19.8 Å². The van der Waals surface area contributed by atoms with Crippen molar-refractivity contribution >= 4 is 40.8 Å². The summed E-state index contributed by atoms with van der Waals surface area (Å²) >= 11 is 13.7. The van der Waals surface area contributed by atoms with E-state index in [1.165, 1.54) is 13.2 Å². The average molecular weight is 709 g/mol. The third-order valence-electron chi connectivity index (χ3n) is 9.87. The van der Waals surface area contributed by atoms with Gasteiger partial charge in [-0.15, -0.1) is 0 Å². The number of aromatic nitrogens is 2. The first-order valence-electron chi connectivity index (χ1n) is 16.2. The highest BCUT2D eigenvalue weighted by Gasteiger charge is 2.50. The SMILES string of the molecule is COc1c(Cl)c(OC2CCc3c(-c4cccc(NC(=O)c5nc6c(n5C)CCN(C)C6)c4Cl)cccc32)cc(F)c1CNC1(C(=O)O)CC1. The predicted molar refractivity (Wildman–Crippen MR) is 184 cm³/mol. The van der Waals surface area contributed by atoms with Crippen LogP contribution in [0.3, 0.4) is 0 Å². The van der Waals surface area contributed by atoms with Crippen molar-refractivity contribution in [2.24, 2.45) is 7.05 Å². The van der Waals surface area contributed by atoms with Gasteiger partial charge in [0.05, 0.1) is 23.5 Å². The number of nitrogens with one attached hydrogen (secondary N) is 2. The molecule has 3 aliphatic rings. The van der Waals surface area contributed by atoms with E-state index in [-0.39, 0.29) is 34.5 Å². The van der Waals surface area contributed by atoms with Crippen LogP contribution in [-0.4, -0.2) is 57.7 Å². The highest BCUT2D eigenvalue weighted by Crippen LogP contribution is 2.46. The third-order valence-corrected chi connectivity index (χ3v) is 10.6. The molecule has 2 aliphatic carbocycles. The van der Waals surface area contributed by atoms with Gasteiger partial charge in [-0.3, -0.25) is 14.9 Å². The fraction of sp³-hybridized carbons (Fsp3) is 0.361. The molecule has 10 nitrogen and oxygen atoms in total. The van der Waals surface area contributed by atoms with Crippen molar-refractivity contribution in [3.05, 3.63) is 92.2 Å². The third kappa shape index (κ3) is 6.03. The van der Waals surface area contributed by atoms with E-state index in [4.69, 9.17) is 32.7 Å². The molecule has 2 heterocycles. The van der Waals surface area contributed by atoms with Gasteiger partial charge in [0.2, 0.25) is 0 Å². The molecule has 1 fully saturated rings. The molecule has 3 aromatic carbocycles. The van der Waals surface area contributed by atoms with E-state index in [1.54, 1.807) is 6.07 Å². The van der Waals surface area contributed by atoms with Gasteiger partial charge in [0.1, 0.15) is 34.0 Å². The highest BCUT2D eigenvalue weighted by atomic mass is 35.5. The lowest BCUT2D eigenvalue weighted by atomic mass is 9.96. The Kier molecular flexibility index (Phi) is 8.81. The molecule has 1 aromatic heterocycles. The number of imidazole rings is 1. The quantitative estimate of drug-likeness (QED) is 0.170. The lowest BCUT2D eigenvalue weighted by molar-refractivity contribution is -0.140. The first-order valence-corrected chi connectivity index (χ1v) is 16.9. The molecule has 0 radical (unpaired) electrons. The summed E-state index contributed by atoms with van der Waals surface area (Å²) < 4.78 is 29.1. The van der Waals surface area contributed by atoms with Gasteiger partial charge in [-0.05, 0) is 55.5 Å². The second-order valence-corrected chi connectivity index (χ2v) is 13.7. The monoisotopic (exact) mass is 707 g/mol. The minimum atomic E-state index is -1.05. The number of likely N-dealkylation sites (N-methyl/N-ethyl adjacent to an activating group) is 1. The fourth-order valence-electron chi connectivity index (χ4n) is 6.95. The molecule has 1 unspecified atom stereocenters. The van der Waals surface area contributed by atoms with Gasteiger partial charge in [-0.2, -0.15) is 0 Å². The summed E-state index contributed by atoms with van der Waals surface area (Å²) in [5.41, 5.74) is 5.17. The Labute approximate surface area is 293 Å². The molecule has 3 N–H and O–H groups in total. The first kappa shape index (κ1) is 33.3. The first-order chi connectivity index (χ1) is 23.5. The van der Waals surface area contributed by atoms with E-state index < -0.39 is 23.4 Å². The molecule has 0 bridgehead atoms. The van der Waals surface area contributed by atoms with Gasteiger partial charge in [-0.1, -0.05) is 53.5 Å². The maximum absolute atomic E-state index is 15.5. The van der Waals surface area contributed by atoms with Crippen molar-refractivity contribution in [2.75, 3.05) is 26.0 Å². The van der Waals surface area contributed by atoms with E-state index in [1.807, 2.05) is 49.0 Å². The molecule has 4 aromatic rings. The van der Waals surface area contributed by atoms with Crippen molar-refractivity contribution in [1.29, 1.82) is 0 Å². The van der Waals surface area contributed by atoms with E-state index in [2.05, 4.69) is 20.5 Å². The Bertz CT molecular complexity index is 1990. The summed E-state index contributed by atoms with van der Waals surface area (Å²) in [5, 5.41) is 15.9. The number of carboxylic acids is 1. The molecule has 0 spiro atoms. The standard InChI is InChI=1S/C36H36Cl2FN5O5/c1-43-15-12-27-26(18-43)41-33(44(27)2)34(45)42-25-9-5-8-22(30(25)37)19-6-4-7-21-20(19)10-11-28(21)49-29-16-24(39)23(32(48-3)31(29)38)17-40-36(13-14-36)35(46)47/h4-9,16,28,40H,10-15,17-18H2,1-3H3,(H,42,45)(H,46,47). The number of carboxylic acid groups (broad SMARTS) is 1. The predicted octanol–water partition coefficient (Wildman–Crippen LogP) is 6.55. The number of hydrogen-bond donors (Lipinski definition) is 3. The topological polar surface area (TPSA) is 118 Å². The van der Waals surface area contributed by atoms with E-state index in [0.29, 0.717) is 48.8 Å². The number of aliphatic carboxylic acids is 1. The molecule has 1 saturated carbocycles. The molecule has 1 amide bonds. The number of halogens is 3. The van der Waals surface area contributed by atoms with Gasteiger partial charge in [0.15, 0.2) is 5.82 Å². The lowest BCUT2D eigenvalue weighted by Crippen LogP contribution is -2.38. The molecule has 256 valence electrons. The van der Waals surface area contributed by atoms with E-state index >= 15 is 4.39 Å². The number of anilines is 1. The summed E-state index contributed by atoms with van der Waals surface area (Å²) in [6.45, 7) is 1.55. The zero-order valence-corrected chi connectivity index (χ0v) is 28.8. The average Bonchev–Trinajstić information content (AvgIpc) is 3.67. The van der Waals surface area contributed by atoms with Gasteiger partial charge < -0.3 is 29.4 Å². The Morgan fingerprint density at radius 3 is 2.59 bits per heavy atom. The minimum Gasteiger partial charge on any atom is -0.495 e. The van der Waals surface area contributed by atoms with Crippen molar-refractivity contribution in [3.8, 4) is 22.6 Å². The Morgan fingerprint density at radius 2 is 1.86 bits per heavy atom. The molecule has 7 rings (SSSR count). The molecule has 0 saturated heterocycles. The Morgan fingerprint density at radius 1 is 1.10 bits per heavy atom. The Hall–Kier alpha value is -4.16. The van der Waals surface area contributed by atoms with Crippen LogP contribution < -0.4 is 20.1 Å². The number of amides is 1. The van der Waals surface area contributed by atoms with Crippen LogP contribution in [0.25, 0.3) is 11.1 Å². The summed E-state index contributed by atoms with van der Waals surface area (Å²) in [5.74, 6) is -1.34. The van der Waals surface area contributed by atoms with Gasteiger partial charge in [0.25, 0.3) is 5.91 Å². The highest BCUT2D eigenvalue weighted by molar-refractivity contribution is 6.36. The summed E-state index contributed by atoms with van der Waals surface area (Å²) in [6, 6.07) is 12.6. The van der Waals surface area contributed by atoms with Crippen LogP contribution >= 0.6 is 23.2 Å². The molecule has 49 heavy (non-hydrogen) atoms. The van der Waals surface area contributed by atoms with Crippen molar-refractivity contribution < 1.29 is 28.6 Å².